The lowest BCUT2D eigenvalue weighted by Crippen LogP contribution is -2.49. The number of esters is 1. The summed E-state index contributed by atoms with van der Waals surface area (Å²) in [6.45, 7) is 8.60. The fourth-order valence-electron chi connectivity index (χ4n) is 5.90. The number of benzene rings is 2. The second-order valence-electron chi connectivity index (χ2n) is 11.2. The van der Waals surface area contributed by atoms with Crippen molar-refractivity contribution in [3.63, 3.8) is 0 Å². The van der Waals surface area contributed by atoms with Crippen molar-refractivity contribution >= 4 is 46.2 Å². The molecular formula is C34H34ClN7O3S. The molecule has 0 radical (unpaired) electrons. The Hall–Kier alpha value is -4.50. The van der Waals surface area contributed by atoms with Crippen molar-refractivity contribution in [2.45, 2.75) is 33.2 Å². The Morgan fingerprint density at radius 1 is 1.07 bits per heavy atom. The van der Waals surface area contributed by atoms with Crippen LogP contribution in [0, 0.1) is 32.6 Å². The number of thiophene rings is 1. The summed E-state index contributed by atoms with van der Waals surface area (Å²) in [5, 5.41) is 10.6. The molecule has 10 nitrogen and oxygen atoms in total. The van der Waals surface area contributed by atoms with Gasteiger partial charge in [-0.3, -0.25) is 14.4 Å². The maximum Gasteiger partial charge on any atom is 0.339 e. The standard InChI is InChI=1S/C34H34ClN7O3S/c1-20-21(2)46-33-30(20)31(24-7-10-25(35)11-8-24)37-28(32-39-38-22(3)42(32)33)19-29(43)41-16-14-40(15-17-41)26-12-9-23(6-5-13-36)27(18-26)34(44)45-4/h7-12,18,28H,13-17,19,36H2,1-4H3/t28-/m0/s1. The molecule has 12 heteroatoms. The maximum absolute atomic E-state index is 13.9. The van der Waals surface area contributed by atoms with E-state index >= 15 is 0 Å². The minimum Gasteiger partial charge on any atom is -0.465 e. The highest BCUT2D eigenvalue weighted by molar-refractivity contribution is 7.15. The number of methoxy groups -OCH3 is 1. The molecule has 1 fully saturated rings. The van der Waals surface area contributed by atoms with Crippen LogP contribution in [-0.2, 0) is 9.53 Å². The van der Waals surface area contributed by atoms with Gasteiger partial charge in [0.05, 0.1) is 31.4 Å². The van der Waals surface area contributed by atoms with Gasteiger partial charge in [0.2, 0.25) is 5.91 Å². The molecule has 1 amide bonds. The minimum absolute atomic E-state index is 0.00290. The molecular weight excluding hydrogens is 622 g/mol. The van der Waals surface area contributed by atoms with Gasteiger partial charge >= 0.3 is 5.97 Å². The van der Waals surface area contributed by atoms with Crippen LogP contribution in [0.2, 0.25) is 5.02 Å². The summed E-state index contributed by atoms with van der Waals surface area (Å²) >= 11 is 7.92. The molecule has 46 heavy (non-hydrogen) atoms. The van der Waals surface area contributed by atoms with Gasteiger partial charge in [0.15, 0.2) is 5.82 Å². The zero-order valence-corrected chi connectivity index (χ0v) is 27.7. The van der Waals surface area contributed by atoms with Crippen LogP contribution in [0.15, 0.2) is 47.5 Å². The summed E-state index contributed by atoms with van der Waals surface area (Å²) in [7, 11) is 1.35. The zero-order valence-electron chi connectivity index (χ0n) is 26.1. The number of nitrogens with two attached hydrogens (primary N) is 1. The van der Waals surface area contributed by atoms with Gasteiger partial charge in [-0.2, -0.15) is 0 Å². The lowest BCUT2D eigenvalue weighted by molar-refractivity contribution is -0.131. The Bertz CT molecular complexity index is 1910. The normalized spacial score (nSPS) is 15.7. The highest BCUT2D eigenvalue weighted by atomic mass is 35.5. The SMILES string of the molecule is COC(=O)c1cc(N2CCN(C(=O)C[C@@H]3N=C(c4ccc(Cl)cc4)c4c(sc(C)c4C)-n4c(C)nnc43)CC2)ccc1C#CCN. The van der Waals surface area contributed by atoms with Crippen molar-refractivity contribution < 1.29 is 14.3 Å². The van der Waals surface area contributed by atoms with E-state index in [1.807, 2.05) is 48.2 Å². The molecule has 6 rings (SSSR count). The predicted molar refractivity (Wildman–Crippen MR) is 180 cm³/mol. The third kappa shape index (κ3) is 5.91. The van der Waals surface area contributed by atoms with Crippen molar-refractivity contribution in [3.05, 3.63) is 91.8 Å². The highest BCUT2D eigenvalue weighted by Gasteiger charge is 2.34. The molecule has 0 saturated carbocycles. The van der Waals surface area contributed by atoms with Gasteiger partial charge < -0.3 is 20.3 Å². The average molecular weight is 656 g/mol. The third-order valence-corrected chi connectivity index (χ3v) is 9.90. The topological polar surface area (TPSA) is 119 Å². The second kappa shape index (κ2) is 13.1. The first-order chi connectivity index (χ1) is 22.2. The van der Waals surface area contributed by atoms with Crippen LogP contribution in [-0.4, -0.2) is 77.1 Å². The van der Waals surface area contributed by atoms with E-state index in [4.69, 9.17) is 27.1 Å². The molecule has 2 aromatic heterocycles. The van der Waals surface area contributed by atoms with Crippen molar-refractivity contribution in [3.8, 4) is 16.8 Å². The molecule has 1 atom stereocenters. The van der Waals surface area contributed by atoms with Gasteiger partial charge in [-0.1, -0.05) is 35.6 Å². The average Bonchev–Trinajstić information content (AvgIpc) is 3.55. The number of ether oxygens (including phenoxy) is 1. The molecule has 2 aromatic carbocycles. The lowest BCUT2D eigenvalue weighted by atomic mass is 9.99. The van der Waals surface area contributed by atoms with E-state index in [1.165, 1.54) is 12.0 Å². The van der Waals surface area contributed by atoms with Gasteiger partial charge in [-0.25, -0.2) is 4.79 Å². The monoisotopic (exact) mass is 655 g/mol. The summed E-state index contributed by atoms with van der Waals surface area (Å²) in [6.07, 6.45) is 0.156. The summed E-state index contributed by atoms with van der Waals surface area (Å²) < 4.78 is 7.05. The fraction of sp³-hybridized carbons (Fsp3) is 0.324. The van der Waals surface area contributed by atoms with Gasteiger partial charge in [-0.15, -0.1) is 21.5 Å². The van der Waals surface area contributed by atoms with E-state index < -0.39 is 12.0 Å². The largest absolute Gasteiger partial charge is 0.465 e. The summed E-state index contributed by atoms with van der Waals surface area (Å²) in [5.74, 6) is 6.69. The summed E-state index contributed by atoms with van der Waals surface area (Å²) in [5.41, 5.74) is 11.3. The Kier molecular flexibility index (Phi) is 8.95. The number of aliphatic imine (C=N–C) groups is 1. The number of hydrogen-bond donors (Lipinski definition) is 1. The molecule has 1 saturated heterocycles. The number of hydrogen-bond acceptors (Lipinski definition) is 9. The van der Waals surface area contributed by atoms with E-state index in [0.29, 0.717) is 48.2 Å². The Morgan fingerprint density at radius 2 is 1.80 bits per heavy atom. The second-order valence-corrected chi connectivity index (χ2v) is 12.8. The number of halogens is 1. The molecule has 2 aliphatic heterocycles. The summed E-state index contributed by atoms with van der Waals surface area (Å²) in [6, 6.07) is 12.7. The van der Waals surface area contributed by atoms with Crippen LogP contribution < -0.4 is 10.6 Å². The van der Waals surface area contributed by atoms with E-state index in [0.717, 1.165) is 38.9 Å². The van der Waals surface area contributed by atoms with E-state index in [1.54, 1.807) is 17.4 Å². The van der Waals surface area contributed by atoms with E-state index in [-0.39, 0.29) is 18.9 Å². The van der Waals surface area contributed by atoms with Crippen LogP contribution in [0.5, 0.6) is 0 Å². The van der Waals surface area contributed by atoms with Gasteiger partial charge in [0.1, 0.15) is 16.9 Å². The first-order valence-electron chi connectivity index (χ1n) is 15.0. The fourth-order valence-corrected chi connectivity index (χ4v) is 7.24. The Morgan fingerprint density at radius 3 is 2.50 bits per heavy atom. The van der Waals surface area contributed by atoms with Crippen LogP contribution in [0.4, 0.5) is 5.69 Å². The van der Waals surface area contributed by atoms with Gasteiger partial charge in [0, 0.05) is 58.5 Å². The predicted octanol–water partition coefficient (Wildman–Crippen LogP) is 4.64. The number of fused-ring (bicyclic) bond motifs is 3. The number of anilines is 1. The third-order valence-electron chi connectivity index (χ3n) is 8.46. The smallest absolute Gasteiger partial charge is 0.339 e. The van der Waals surface area contributed by atoms with Crippen LogP contribution >= 0.6 is 22.9 Å². The van der Waals surface area contributed by atoms with Gasteiger partial charge in [0.25, 0.3) is 0 Å². The number of nitrogens with zero attached hydrogens (tertiary/aromatic N) is 6. The van der Waals surface area contributed by atoms with Crippen LogP contribution in [0.3, 0.4) is 0 Å². The van der Waals surface area contributed by atoms with Gasteiger partial charge in [-0.05, 0) is 56.7 Å². The number of amides is 1. The Balaban J connectivity index is 1.25. The quantitative estimate of drug-likeness (QED) is 0.246. The lowest BCUT2D eigenvalue weighted by Gasteiger charge is -2.36. The molecule has 0 spiro atoms. The molecule has 4 heterocycles. The number of piperazine rings is 1. The van der Waals surface area contributed by atoms with Crippen LogP contribution in [0.25, 0.3) is 5.00 Å². The number of rotatable bonds is 5. The number of aromatic nitrogens is 3. The molecule has 236 valence electrons. The van der Waals surface area contributed by atoms with Crippen molar-refractivity contribution in [2.75, 3.05) is 44.7 Å². The van der Waals surface area contributed by atoms with Crippen molar-refractivity contribution in [2.24, 2.45) is 10.7 Å². The van der Waals surface area contributed by atoms with Crippen LogP contribution in [0.1, 0.15) is 61.6 Å². The van der Waals surface area contributed by atoms with E-state index in [2.05, 4.69) is 45.4 Å². The maximum atomic E-state index is 13.9. The molecule has 2 N–H and O–H groups in total. The molecule has 2 aliphatic rings. The number of carbonyl (C=O) groups excluding carboxylic acids is 2. The highest BCUT2D eigenvalue weighted by Crippen LogP contribution is 2.40. The first-order valence-corrected chi connectivity index (χ1v) is 16.2. The van der Waals surface area contributed by atoms with Crippen molar-refractivity contribution in [1.82, 2.24) is 19.7 Å². The Labute approximate surface area is 276 Å². The minimum atomic E-state index is -0.526. The molecule has 4 aromatic rings. The first kappa shape index (κ1) is 31.5. The summed E-state index contributed by atoms with van der Waals surface area (Å²) in [4.78, 5) is 36.8. The van der Waals surface area contributed by atoms with E-state index in [9.17, 15) is 9.59 Å². The number of carbonyl (C=O) groups is 2. The zero-order chi connectivity index (χ0) is 32.5. The molecule has 0 unspecified atom stereocenters. The molecule has 0 bridgehead atoms. The number of aryl methyl sites for hydroxylation is 2. The van der Waals surface area contributed by atoms with Crippen molar-refractivity contribution in [1.29, 1.82) is 0 Å². The molecule has 0 aliphatic carbocycles.